The molecule has 0 spiro atoms. The fraction of sp³-hybridized carbons (Fsp3) is 0.138. The Balaban J connectivity index is 1.50. The topological polar surface area (TPSA) is 105 Å². The Morgan fingerprint density at radius 1 is 0.921 bits per heavy atom. The van der Waals surface area contributed by atoms with E-state index in [1.165, 1.54) is 24.9 Å². The van der Waals surface area contributed by atoms with Crippen molar-refractivity contribution in [3.05, 3.63) is 95.0 Å². The van der Waals surface area contributed by atoms with Crippen LogP contribution in [0.5, 0.6) is 5.75 Å². The molecule has 0 aromatic heterocycles. The van der Waals surface area contributed by atoms with Crippen LogP contribution in [-0.4, -0.2) is 35.2 Å². The second-order valence-corrected chi connectivity index (χ2v) is 10.0. The van der Waals surface area contributed by atoms with Gasteiger partial charge in [-0.25, -0.2) is 4.79 Å². The zero-order valence-electron chi connectivity index (χ0n) is 20.7. The zero-order chi connectivity index (χ0) is 27.2. The maximum atomic E-state index is 13.2. The number of carboxylic acids is 1. The van der Waals surface area contributed by atoms with Crippen LogP contribution in [0.3, 0.4) is 0 Å². The van der Waals surface area contributed by atoms with Crippen LogP contribution >= 0.6 is 23.4 Å². The van der Waals surface area contributed by atoms with E-state index in [-0.39, 0.29) is 17.0 Å². The van der Waals surface area contributed by atoms with Crippen molar-refractivity contribution in [2.45, 2.75) is 23.5 Å². The number of amides is 2. The smallest absolute Gasteiger partial charge is 0.336 e. The molecule has 4 aromatic carbocycles. The lowest BCUT2D eigenvalue weighted by Crippen LogP contribution is -2.24. The van der Waals surface area contributed by atoms with Gasteiger partial charge < -0.3 is 20.5 Å². The van der Waals surface area contributed by atoms with Crippen molar-refractivity contribution >= 4 is 63.3 Å². The summed E-state index contributed by atoms with van der Waals surface area (Å²) in [7, 11) is 1.52. The summed E-state index contributed by atoms with van der Waals surface area (Å²) in [5.74, 6) is -1.18. The number of anilines is 2. The maximum Gasteiger partial charge on any atom is 0.336 e. The molecule has 0 radical (unpaired) electrons. The lowest BCUT2D eigenvalue weighted by Gasteiger charge is -2.16. The molecule has 0 aliphatic heterocycles. The number of halogens is 1. The number of benzene rings is 4. The molecule has 0 fully saturated rings. The number of ether oxygens (including phenoxy) is 1. The Bertz CT molecular complexity index is 1520. The summed E-state index contributed by atoms with van der Waals surface area (Å²) in [6, 6.07) is 22.2. The minimum Gasteiger partial charge on any atom is -0.495 e. The van der Waals surface area contributed by atoms with Crippen molar-refractivity contribution in [2.75, 3.05) is 17.7 Å². The van der Waals surface area contributed by atoms with E-state index < -0.39 is 17.1 Å². The van der Waals surface area contributed by atoms with Crippen LogP contribution in [0.2, 0.25) is 5.02 Å². The van der Waals surface area contributed by atoms with Gasteiger partial charge in [-0.05, 0) is 60.3 Å². The third-order valence-electron chi connectivity index (χ3n) is 5.83. The van der Waals surface area contributed by atoms with Gasteiger partial charge in [0.05, 0.1) is 22.9 Å². The summed E-state index contributed by atoms with van der Waals surface area (Å²) in [5.41, 5.74) is 1.42. The molecule has 1 atom stereocenters. The van der Waals surface area contributed by atoms with E-state index in [1.807, 2.05) is 13.0 Å². The number of hydrogen-bond donors (Lipinski definition) is 3. The zero-order valence-corrected chi connectivity index (χ0v) is 22.2. The molecule has 0 aliphatic carbocycles. The molecular formula is C29H25ClN2O5S. The third-order valence-corrected chi connectivity index (χ3v) is 7.49. The highest BCUT2D eigenvalue weighted by molar-refractivity contribution is 8.00. The van der Waals surface area contributed by atoms with Gasteiger partial charge in [-0.3, -0.25) is 9.59 Å². The van der Waals surface area contributed by atoms with E-state index in [1.54, 1.807) is 66.7 Å². The first-order valence-electron chi connectivity index (χ1n) is 11.8. The van der Waals surface area contributed by atoms with Crippen LogP contribution in [0.1, 0.15) is 34.1 Å². The molecule has 9 heteroatoms. The van der Waals surface area contributed by atoms with E-state index >= 15 is 0 Å². The van der Waals surface area contributed by atoms with Crippen LogP contribution in [0, 0.1) is 0 Å². The molecule has 4 rings (SSSR count). The lowest BCUT2D eigenvalue weighted by molar-refractivity contribution is -0.115. The average Bonchev–Trinajstić information content (AvgIpc) is 2.91. The molecule has 4 aromatic rings. The number of thioether (sulfide) groups is 1. The van der Waals surface area contributed by atoms with Crippen molar-refractivity contribution in [1.29, 1.82) is 0 Å². The number of aromatic carboxylic acids is 1. The molecule has 0 saturated carbocycles. The molecule has 0 saturated heterocycles. The van der Waals surface area contributed by atoms with E-state index in [0.29, 0.717) is 39.3 Å². The Labute approximate surface area is 229 Å². The highest BCUT2D eigenvalue weighted by atomic mass is 35.5. The Morgan fingerprint density at radius 3 is 2.26 bits per heavy atom. The first-order chi connectivity index (χ1) is 18.3. The number of rotatable bonds is 9. The van der Waals surface area contributed by atoms with Gasteiger partial charge in [-0.2, -0.15) is 0 Å². The van der Waals surface area contributed by atoms with Gasteiger partial charge in [0.1, 0.15) is 5.75 Å². The van der Waals surface area contributed by atoms with Gasteiger partial charge in [0, 0.05) is 27.2 Å². The Morgan fingerprint density at radius 2 is 1.61 bits per heavy atom. The summed E-state index contributed by atoms with van der Waals surface area (Å²) in [6.07, 6.45) is 0.574. The normalized spacial score (nSPS) is 11.6. The summed E-state index contributed by atoms with van der Waals surface area (Å²) in [5, 5.41) is 16.4. The molecule has 0 aliphatic rings. The lowest BCUT2D eigenvalue weighted by atomic mass is 9.98. The van der Waals surface area contributed by atoms with Crippen LogP contribution in [-0.2, 0) is 4.79 Å². The molecule has 0 bridgehead atoms. The molecular weight excluding hydrogens is 524 g/mol. The second-order valence-electron chi connectivity index (χ2n) is 8.35. The monoisotopic (exact) mass is 548 g/mol. The van der Waals surface area contributed by atoms with E-state index in [0.717, 1.165) is 4.90 Å². The predicted octanol–water partition coefficient (Wildman–Crippen LogP) is 6.96. The first-order valence-corrected chi connectivity index (χ1v) is 13.0. The molecule has 38 heavy (non-hydrogen) atoms. The number of nitrogens with one attached hydrogen (secondary N) is 2. The van der Waals surface area contributed by atoms with Crippen molar-refractivity contribution < 1.29 is 24.2 Å². The summed E-state index contributed by atoms with van der Waals surface area (Å²) >= 11 is 7.55. The van der Waals surface area contributed by atoms with E-state index in [4.69, 9.17) is 16.3 Å². The van der Waals surface area contributed by atoms with Gasteiger partial charge >= 0.3 is 5.97 Å². The maximum absolute atomic E-state index is 13.2. The van der Waals surface area contributed by atoms with Gasteiger partial charge in [0.2, 0.25) is 5.91 Å². The van der Waals surface area contributed by atoms with E-state index in [9.17, 15) is 19.5 Å². The predicted molar refractivity (Wildman–Crippen MR) is 152 cm³/mol. The number of hydrogen-bond acceptors (Lipinski definition) is 5. The number of fused-ring (bicyclic) bond motifs is 1. The van der Waals surface area contributed by atoms with Crippen molar-refractivity contribution in [1.82, 2.24) is 0 Å². The van der Waals surface area contributed by atoms with Gasteiger partial charge in [0.15, 0.2) is 0 Å². The molecule has 194 valence electrons. The highest BCUT2D eigenvalue weighted by Crippen LogP contribution is 2.31. The van der Waals surface area contributed by atoms with Crippen LogP contribution in [0.25, 0.3) is 10.8 Å². The minimum atomic E-state index is -1.10. The molecule has 3 N–H and O–H groups in total. The Kier molecular flexibility index (Phi) is 8.55. The largest absolute Gasteiger partial charge is 0.495 e. The number of carbonyl (C=O) groups excluding carboxylic acids is 2. The first kappa shape index (κ1) is 27.0. The SMILES string of the molecule is CCC(Sc1cccc(NC(=O)c2cccc3cccc(C(=O)O)c23)c1)C(=O)Nc1ccc(OC)c(Cl)c1. The van der Waals surface area contributed by atoms with Gasteiger partial charge in [-0.1, -0.05) is 48.9 Å². The summed E-state index contributed by atoms with van der Waals surface area (Å²) in [6.45, 7) is 1.92. The van der Waals surface area contributed by atoms with Gasteiger partial charge in [0.25, 0.3) is 5.91 Å². The fourth-order valence-corrected chi connectivity index (χ4v) is 5.28. The minimum absolute atomic E-state index is 0.0625. The van der Waals surface area contributed by atoms with Crippen LogP contribution in [0.4, 0.5) is 11.4 Å². The molecule has 7 nitrogen and oxygen atoms in total. The van der Waals surface area contributed by atoms with Gasteiger partial charge in [-0.15, -0.1) is 11.8 Å². The number of carboxylic acid groups (broad SMARTS) is 1. The molecule has 0 heterocycles. The summed E-state index contributed by atoms with van der Waals surface area (Å²) < 4.78 is 5.15. The fourth-order valence-electron chi connectivity index (χ4n) is 4.01. The van der Waals surface area contributed by atoms with Crippen LogP contribution in [0.15, 0.2) is 83.8 Å². The van der Waals surface area contributed by atoms with E-state index in [2.05, 4.69) is 10.6 Å². The van der Waals surface area contributed by atoms with Crippen molar-refractivity contribution in [3.63, 3.8) is 0 Å². The highest BCUT2D eigenvalue weighted by Gasteiger charge is 2.20. The average molecular weight is 549 g/mol. The molecule has 1 unspecified atom stereocenters. The quantitative estimate of drug-likeness (QED) is 0.195. The molecule has 2 amide bonds. The second kappa shape index (κ2) is 12.0. The Hall–Kier alpha value is -4.01. The van der Waals surface area contributed by atoms with Crippen molar-refractivity contribution in [3.8, 4) is 5.75 Å². The summed E-state index contributed by atoms with van der Waals surface area (Å²) in [4.78, 5) is 38.7. The van der Waals surface area contributed by atoms with Crippen molar-refractivity contribution in [2.24, 2.45) is 0 Å². The third kappa shape index (κ3) is 6.10. The number of carbonyl (C=O) groups is 3. The number of methoxy groups -OCH3 is 1. The standard InChI is InChI=1S/C29H25ClN2O5S/c1-3-25(28(34)32-19-13-14-24(37-2)23(30)16-19)38-20-10-6-9-18(15-20)31-27(33)21-11-4-7-17-8-5-12-22(26(17)21)29(35)36/h4-16,25H,3H2,1-2H3,(H,31,33)(H,32,34)(H,35,36). The van der Waals surface area contributed by atoms with Crippen LogP contribution < -0.4 is 15.4 Å².